The van der Waals surface area contributed by atoms with Crippen LogP contribution in [0.5, 0.6) is 6.01 Å². The molecule has 0 bridgehead atoms. The Hall–Kier alpha value is -2.31. The maximum absolute atomic E-state index is 12.2. The van der Waals surface area contributed by atoms with Gasteiger partial charge in [0.15, 0.2) is 5.65 Å². The molecule has 1 fully saturated rings. The lowest BCUT2D eigenvalue weighted by Gasteiger charge is -2.34. The first kappa shape index (κ1) is 17.5. The molecule has 3 heterocycles. The van der Waals surface area contributed by atoms with Crippen molar-refractivity contribution in [2.45, 2.75) is 45.6 Å². The smallest absolute Gasteiger partial charge is 0.410 e. The number of aromatic amines is 1. The average molecular weight is 346 g/mol. The molecule has 3 rings (SSSR count). The standard InChI is InChI=1S/C18H26N4O3/c1-18(2,3)25-17(23)22-10-5-6-13(12-22)8-11-24-16-20-14-7-4-9-19-15(14)21-16/h4,7,9,13H,5-6,8,10-12H2,1-3H3,(H,19,20,21). The van der Waals surface area contributed by atoms with Gasteiger partial charge in [0.1, 0.15) is 5.60 Å². The number of carbonyl (C=O) groups is 1. The number of pyridine rings is 1. The Morgan fingerprint density at radius 1 is 1.44 bits per heavy atom. The maximum atomic E-state index is 12.2. The number of likely N-dealkylation sites (tertiary alicyclic amines) is 1. The molecular weight excluding hydrogens is 320 g/mol. The van der Waals surface area contributed by atoms with E-state index >= 15 is 0 Å². The van der Waals surface area contributed by atoms with Gasteiger partial charge in [-0.1, -0.05) is 0 Å². The number of aromatic nitrogens is 3. The van der Waals surface area contributed by atoms with Gasteiger partial charge < -0.3 is 19.4 Å². The third-order valence-corrected chi connectivity index (χ3v) is 4.17. The molecule has 2 aromatic heterocycles. The van der Waals surface area contributed by atoms with E-state index in [0.717, 1.165) is 37.9 Å². The molecule has 0 spiro atoms. The Balaban J connectivity index is 1.47. The summed E-state index contributed by atoms with van der Waals surface area (Å²) < 4.78 is 11.2. The molecule has 1 unspecified atom stereocenters. The Kier molecular flexibility index (Phi) is 5.11. The molecule has 1 saturated heterocycles. The van der Waals surface area contributed by atoms with Crippen LogP contribution in [0.3, 0.4) is 0 Å². The highest BCUT2D eigenvalue weighted by Crippen LogP contribution is 2.22. The highest BCUT2D eigenvalue weighted by atomic mass is 16.6. The number of hydrogen-bond acceptors (Lipinski definition) is 5. The highest BCUT2D eigenvalue weighted by molar-refractivity contribution is 5.70. The van der Waals surface area contributed by atoms with E-state index in [-0.39, 0.29) is 6.09 Å². The Labute approximate surface area is 147 Å². The number of H-pyrrole nitrogens is 1. The van der Waals surface area contributed by atoms with Crippen molar-refractivity contribution in [3.05, 3.63) is 18.3 Å². The maximum Gasteiger partial charge on any atom is 0.410 e. The van der Waals surface area contributed by atoms with Crippen molar-refractivity contribution in [2.75, 3.05) is 19.7 Å². The fourth-order valence-corrected chi connectivity index (χ4v) is 3.01. The second-order valence-corrected chi connectivity index (χ2v) is 7.49. The van der Waals surface area contributed by atoms with Crippen LogP contribution in [0.15, 0.2) is 18.3 Å². The summed E-state index contributed by atoms with van der Waals surface area (Å²) in [5, 5.41) is 0. The molecule has 1 atom stereocenters. The van der Waals surface area contributed by atoms with Gasteiger partial charge in [-0.15, -0.1) is 0 Å². The molecule has 0 saturated carbocycles. The first-order chi connectivity index (χ1) is 11.9. The van der Waals surface area contributed by atoms with E-state index in [2.05, 4.69) is 15.0 Å². The number of carbonyl (C=O) groups excluding carboxylic acids is 1. The van der Waals surface area contributed by atoms with Crippen LogP contribution in [0, 0.1) is 5.92 Å². The van der Waals surface area contributed by atoms with Crippen LogP contribution in [0.4, 0.5) is 4.79 Å². The number of nitrogens with one attached hydrogen (secondary N) is 1. The minimum Gasteiger partial charge on any atom is -0.465 e. The van der Waals surface area contributed by atoms with Gasteiger partial charge in [-0.2, -0.15) is 4.98 Å². The van der Waals surface area contributed by atoms with E-state index in [1.165, 1.54) is 0 Å². The van der Waals surface area contributed by atoms with E-state index in [4.69, 9.17) is 9.47 Å². The lowest BCUT2D eigenvalue weighted by atomic mass is 9.95. The first-order valence-corrected chi connectivity index (χ1v) is 8.82. The van der Waals surface area contributed by atoms with Gasteiger partial charge >= 0.3 is 6.09 Å². The SMILES string of the molecule is CC(C)(C)OC(=O)N1CCCC(CCOc2nc3ncccc3[nH]2)C1. The Morgan fingerprint density at radius 3 is 3.04 bits per heavy atom. The molecule has 1 N–H and O–H groups in total. The van der Waals surface area contributed by atoms with Crippen LogP contribution in [0.25, 0.3) is 11.2 Å². The number of fused-ring (bicyclic) bond motifs is 1. The summed E-state index contributed by atoms with van der Waals surface area (Å²) in [5.74, 6) is 0.420. The monoisotopic (exact) mass is 346 g/mol. The molecule has 1 amide bonds. The first-order valence-electron chi connectivity index (χ1n) is 8.82. The van der Waals surface area contributed by atoms with E-state index in [9.17, 15) is 4.79 Å². The van der Waals surface area contributed by atoms with E-state index < -0.39 is 5.60 Å². The molecular formula is C18H26N4O3. The molecule has 136 valence electrons. The number of hydrogen-bond donors (Lipinski definition) is 1. The molecule has 1 aliphatic heterocycles. The summed E-state index contributed by atoms with van der Waals surface area (Å²) in [4.78, 5) is 25.6. The van der Waals surface area contributed by atoms with Gasteiger partial charge in [0.25, 0.3) is 6.01 Å². The Bertz CT molecular complexity index is 689. The van der Waals surface area contributed by atoms with Crippen LogP contribution in [-0.4, -0.2) is 51.2 Å². The van der Waals surface area contributed by atoms with Crippen LogP contribution in [0.2, 0.25) is 0 Å². The molecule has 0 aliphatic carbocycles. The lowest BCUT2D eigenvalue weighted by Crippen LogP contribution is -2.43. The minimum atomic E-state index is -0.456. The third kappa shape index (κ3) is 4.84. The lowest BCUT2D eigenvalue weighted by molar-refractivity contribution is 0.0154. The third-order valence-electron chi connectivity index (χ3n) is 4.17. The fourth-order valence-electron chi connectivity index (χ4n) is 3.01. The van der Waals surface area contributed by atoms with Crippen molar-refractivity contribution in [2.24, 2.45) is 5.92 Å². The summed E-state index contributed by atoms with van der Waals surface area (Å²) in [6.07, 6.45) is 4.47. The number of nitrogens with zero attached hydrogens (tertiary/aromatic N) is 3. The van der Waals surface area contributed by atoms with Gasteiger partial charge in [0, 0.05) is 19.3 Å². The number of piperidine rings is 1. The summed E-state index contributed by atoms with van der Waals surface area (Å²) >= 11 is 0. The Morgan fingerprint density at radius 2 is 2.28 bits per heavy atom. The molecule has 0 radical (unpaired) electrons. The zero-order valence-electron chi connectivity index (χ0n) is 15.1. The predicted molar refractivity (Wildman–Crippen MR) is 94.5 cm³/mol. The van der Waals surface area contributed by atoms with Gasteiger partial charge in [-0.05, 0) is 58.1 Å². The molecule has 0 aromatic carbocycles. The van der Waals surface area contributed by atoms with Crippen LogP contribution in [-0.2, 0) is 4.74 Å². The molecule has 7 heteroatoms. The molecule has 2 aromatic rings. The normalized spacial score (nSPS) is 18.4. The zero-order chi connectivity index (χ0) is 17.9. The average Bonchev–Trinajstić information content (AvgIpc) is 2.96. The van der Waals surface area contributed by atoms with E-state index in [1.807, 2.05) is 37.8 Å². The largest absolute Gasteiger partial charge is 0.465 e. The van der Waals surface area contributed by atoms with Gasteiger partial charge in [0.2, 0.25) is 0 Å². The van der Waals surface area contributed by atoms with Gasteiger partial charge in [-0.25, -0.2) is 9.78 Å². The number of amides is 1. The topological polar surface area (TPSA) is 80.3 Å². The quantitative estimate of drug-likeness (QED) is 0.918. The van der Waals surface area contributed by atoms with Crippen LogP contribution in [0.1, 0.15) is 40.0 Å². The van der Waals surface area contributed by atoms with Crippen LogP contribution >= 0.6 is 0 Å². The van der Waals surface area contributed by atoms with Crippen molar-refractivity contribution in [3.8, 4) is 6.01 Å². The number of rotatable bonds is 4. The van der Waals surface area contributed by atoms with Crippen molar-refractivity contribution in [1.82, 2.24) is 19.9 Å². The number of imidazole rings is 1. The van der Waals surface area contributed by atoms with Crippen molar-refractivity contribution in [1.29, 1.82) is 0 Å². The second-order valence-electron chi connectivity index (χ2n) is 7.49. The molecule has 1 aliphatic rings. The highest BCUT2D eigenvalue weighted by Gasteiger charge is 2.27. The summed E-state index contributed by atoms with van der Waals surface area (Å²) in [6, 6.07) is 4.27. The van der Waals surface area contributed by atoms with E-state index in [0.29, 0.717) is 24.2 Å². The minimum absolute atomic E-state index is 0.221. The summed E-state index contributed by atoms with van der Waals surface area (Å²) in [5.41, 5.74) is 1.07. The van der Waals surface area contributed by atoms with E-state index in [1.54, 1.807) is 6.20 Å². The van der Waals surface area contributed by atoms with Gasteiger partial charge in [0.05, 0.1) is 12.1 Å². The van der Waals surface area contributed by atoms with Crippen molar-refractivity contribution >= 4 is 17.3 Å². The van der Waals surface area contributed by atoms with Gasteiger partial charge in [-0.3, -0.25) is 0 Å². The zero-order valence-corrected chi connectivity index (χ0v) is 15.1. The summed E-state index contributed by atoms with van der Waals surface area (Å²) in [7, 11) is 0. The number of ether oxygens (including phenoxy) is 2. The van der Waals surface area contributed by atoms with Crippen molar-refractivity contribution < 1.29 is 14.3 Å². The molecule has 7 nitrogen and oxygen atoms in total. The molecule has 25 heavy (non-hydrogen) atoms. The second kappa shape index (κ2) is 7.29. The predicted octanol–water partition coefficient (Wildman–Crippen LogP) is 3.37. The van der Waals surface area contributed by atoms with Crippen LogP contribution < -0.4 is 4.74 Å². The fraction of sp³-hybridized carbons (Fsp3) is 0.611. The van der Waals surface area contributed by atoms with Crippen molar-refractivity contribution in [3.63, 3.8) is 0 Å². The summed E-state index contributed by atoms with van der Waals surface area (Å²) in [6.45, 7) is 7.72.